The number of nitrogens with one attached hydrogen (secondary N) is 1. The number of rotatable bonds is 5. The molecule has 20 heavy (non-hydrogen) atoms. The third-order valence-corrected chi connectivity index (χ3v) is 4.24. The van der Waals surface area contributed by atoms with Crippen LogP contribution in [-0.4, -0.2) is 37.5 Å². The van der Waals surface area contributed by atoms with Gasteiger partial charge < -0.3 is 10.2 Å². The van der Waals surface area contributed by atoms with E-state index in [0.717, 1.165) is 55.9 Å². The second-order valence-corrected chi connectivity index (χ2v) is 5.99. The van der Waals surface area contributed by atoms with Gasteiger partial charge in [-0.1, -0.05) is 29.8 Å². The highest BCUT2D eigenvalue weighted by molar-refractivity contribution is 6.31. The minimum absolute atomic E-state index is 0.161. The summed E-state index contributed by atoms with van der Waals surface area (Å²) in [6.45, 7) is 2.72. The molecular formula is C16H23ClN2O. The van der Waals surface area contributed by atoms with Crippen LogP contribution in [0.3, 0.4) is 0 Å². The van der Waals surface area contributed by atoms with Crippen LogP contribution in [0.4, 0.5) is 0 Å². The SMILES string of the molecule is CN1CCC[C@H](C(=O)NCCCc2ccccc2Cl)C1. The minimum atomic E-state index is 0.161. The second-order valence-electron chi connectivity index (χ2n) is 5.59. The third kappa shape index (κ3) is 4.50. The molecular weight excluding hydrogens is 272 g/mol. The Labute approximate surface area is 126 Å². The molecule has 3 nitrogen and oxygen atoms in total. The summed E-state index contributed by atoms with van der Waals surface area (Å²) in [5, 5.41) is 3.87. The van der Waals surface area contributed by atoms with Crippen LogP contribution in [0.5, 0.6) is 0 Å². The van der Waals surface area contributed by atoms with Crippen LogP contribution in [0.2, 0.25) is 5.02 Å². The molecule has 4 heteroatoms. The van der Waals surface area contributed by atoms with E-state index in [2.05, 4.69) is 17.3 Å². The van der Waals surface area contributed by atoms with E-state index in [4.69, 9.17) is 11.6 Å². The summed E-state index contributed by atoms with van der Waals surface area (Å²) in [4.78, 5) is 14.3. The van der Waals surface area contributed by atoms with Gasteiger partial charge in [-0.15, -0.1) is 0 Å². The summed E-state index contributed by atoms with van der Waals surface area (Å²) >= 11 is 6.11. The molecule has 1 aliphatic rings. The van der Waals surface area contributed by atoms with Crippen LogP contribution in [0.25, 0.3) is 0 Å². The van der Waals surface area contributed by atoms with Gasteiger partial charge in [0.15, 0.2) is 0 Å². The van der Waals surface area contributed by atoms with Gasteiger partial charge >= 0.3 is 0 Å². The topological polar surface area (TPSA) is 32.3 Å². The molecule has 0 saturated carbocycles. The van der Waals surface area contributed by atoms with Gasteiger partial charge in [-0.25, -0.2) is 0 Å². The van der Waals surface area contributed by atoms with Gasteiger partial charge in [0.1, 0.15) is 0 Å². The Morgan fingerprint density at radius 1 is 1.45 bits per heavy atom. The van der Waals surface area contributed by atoms with Crippen LogP contribution in [0, 0.1) is 5.92 Å². The van der Waals surface area contributed by atoms with Gasteiger partial charge in [0.05, 0.1) is 5.92 Å². The van der Waals surface area contributed by atoms with Crippen molar-refractivity contribution in [2.24, 2.45) is 5.92 Å². The van der Waals surface area contributed by atoms with E-state index in [0.29, 0.717) is 0 Å². The van der Waals surface area contributed by atoms with Gasteiger partial charge in [0, 0.05) is 18.1 Å². The zero-order valence-corrected chi connectivity index (χ0v) is 12.8. The number of hydrogen-bond acceptors (Lipinski definition) is 2. The lowest BCUT2D eigenvalue weighted by atomic mass is 9.97. The largest absolute Gasteiger partial charge is 0.356 e. The van der Waals surface area contributed by atoms with E-state index in [9.17, 15) is 4.79 Å². The molecule has 1 heterocycles. The maximum absolute atomic E-state index is 12.1. The molecule has 1 aromatic carbocycles. The Morgan fingerprint density at radius 2 is 2.25 bits per heavy atom. The van der Waals surface area contributed by atoms with Gasteiger partial charge in [-0.3, -0.25) is 4.79 Å². The first kappa shape index (κ1) is 15.3. The predicted octanol–water partition coefficient (Wildman–Crippen LogP) is 2.73. The number of nitrogens with zero attached hydrogens (tertiary/aromatic N) is 1. The molecule has 0 unspecified atom stereocenters. The molecule has 0 radical (unpaired) electrons. The summed E-state index contributed by atoms with van der Waals surface area (Å²) in [6.07, 6.45) is 3.97. The zero-order chi connectivity index (χ0) is 14.4. The Balaban J connectivity index is 1.68. The summed E-state index contributed by atoms with van der Waals surface area (Å²) in [6, 6.07) is 7.89. The molecule has 1 aliphatic heterocycles. The average Bonchev–Trinajstić information content (AvgIpc) is 2.45. The van der Waals surface area contributed by atoms with Gasteiger partial charge in [0.2, 0.25) is 5.91 Å². The molecule has 1 fully saturated rings. The highest BCUT2D eigenvalue weighted by atomic mass is 35.5. The molecule has 0 aliphatic carbocycles. The van der Waals surface area contributed by atoms with Crippen molar-refractivity contribution in [3.8, 4) is 0 Å². The number of benzene rings is 1. The summed E-state index contributed by atoms with van der Waals surface area (Å²) in [5.74, 6) is 0.366. The first-order chi connectivity index (χ1) is 9.66. The zero-order valence-electron chi connectivity index (χ0n) is 12.1. The number of halogens is 1. The van der Waals surface area contributed by atoms with Crippen molar-refractivity contribution in [1.82, 2.24) is 10.2 Å². The van der Waals surface area contributed by atoms with Gasteiger partial charge in [-0.2, -0.15) is 0 Å². The van der Waals surface area contributed by atoms with E-state index in [1.54, 1.807) is 0 Å². The smallest absolute Gasteiger partial charge is 0.224 e. The molecule has 1 atom stereocenters. The van der Waals surface area contributed by atoms with Crippen molar-refractivity contribution in [1.29, 1.82) is 0 Å². The van der Waals surface area contributed by atoms with Crippen molar-refractivity contribution >= 4 is 17.5 Å². The molecule has 0 aromatic heterocycles. The molecule has 0 bridgehead atoms. The lowest BCUT2D eigenvalue weighted by Gasteiger charge is -2.28. The highest BCUT2D eigenvalue weighted by Gasteiger charge is 2.23. The second kappa shape index (κ2) is 7.65. The van der Waals surface area contributed by atoms with Crippen molar-refractivity contribution in [3.63, 3.8) is 0 Å². The molecule has 1 saturated heterocycles. The molecule has 0 spiro atoms. The van der Waals surface area contributed by atoms with E-state index in [1.807, 2.05) is 24.3 Å². The standard InChI is InChI=1S/C16H23ClN2O/c1-19-11-5-8-14(12-19)16(20)18-10-4-7-13-6-2-3-9-15(13)17/h2-3,6,9,14H,4-5,7-8,10-12H2,1H3,(H,18,20)/t14-/m0/s1. The fourth-order valence-electron chi connectivity index (χ4n) is 2.72. The van der Waals surface area contributed by atoms with Crippen molar-refractivity contribution in [2.75, 3.05) is 26.7 Å². The van der Waals surface area contributed by atoms with Crippen molar-refractivity contribution < 1.29 is 4.79 Å². The quantitative estimate of drug-likeness (QED) is 0.847. The Bertz CT molecular complexity index is 450. The van der Waals surface area contributed by atoms with E-state index < -0.39 is 0 Å². The van der Waals surface area contributed by atoms with Gasteiger partial charge in [-0.05, 0) is 50.9 Å². The van der Waals surface area contributed by atoms with Crippen molar-refractivity contribution in [2.45, 2.75) is 25.7 Å². The number of carbonyl (C=O) groups is 1. The summed E-state index contributed by atoms with van der Waals surface area (Å²) < 4.78 is 0. The monoisotopic (exact) mass is 294 g/mol. The van der Waals surface area contributed by atoms with Crippen LogP contribution < -0.4 is 5.32 Å². The molecule has 1 amide bonds. The number of piperidine rings is 1. The molecule has 1 N–H and O–H groups in total. The van der Waals surface area contributed by atoms with E-state index in [1.165, 1.54) is 0 Å². The van der Waals surface area contributed by atoms with Crippen LogP contribution in [-0.2, 0) is 11.2 Å². The minimum Gasteiger partial charge on any atom is -0.356 e. The van der Waals surface area contributed by atoms with Crippen LogP contribution in [0.15, 0.2) is 24.3 Å². The Kier molecular flexibility index (Phi) is 5.86. The highest BCUT2D eigenvalue weighted by Crippen LogP contribution is 2.17. The van der Waals surface area contributed by atoms with E-state index >= 15 is 0 Å². The molecule has 110 valence electrons. The number of carbonyl (C=O) groups excluding carboxylic acids is 1. The first-order valence-electron chi connectivity index (χ1n) is 7.36. The summed E-state index contributed by atoms with van der Waals surface area (Å²) in [7, 11) is 2.08. The maximum atomic E-state index is 12.1. The lowest BCUT2D eigenvalue weighted by molar-refractivity contribution is -0.126. The predicted molar refractivity (Wildman–Crippen MR) is 83.0 cm³/mol. The molecule has 1 aromatic rings. The normalized spacial score (nSPS) is 19.8. The number of hydrogen-bond donors (Lipinski definition) is 1. The number of aryl methyl sites for hydroxylation is 1. The lowest BCUT2D eigenvalue weighted by Crippen LogP contribution is -2.41. The fourth-order valence-corrected chi connectivity index (χ4v) is 2.95. The Hall–Kier alpha value is -1.06. The van der Waals surface area contributed by atoms with Crippen molar-refractivity contribution in [3.05, 3.63) is 34.9 Å². The first-order valence-corrected chi connectivity index (χ1v) is 7.74. The van der Waals surface area contributed by atoms with Gasteiger partial charge in [0.25, 0.3) is 0 Å². The van der Waals surface area contributed by atoms with Crippen LogP contribution >= 0.6 is 11.6 Å². The Morgan fingerprint density at radius 3 is 3.00 bits per heavy atom. The summed E-state index contributed by atoms with van der Waals surface area (Å²) in [5.41, 5.74) is 1.15. The average molecular weight is 295 g/mol. The maximum Gasteiger partial charge on any atom is 0.224 e. The van der Waals surface area contributed by atoms with E-state index in [-0.39, 0.29) is 11.8 Å². The fraction of sp³-hybridized carbons (Fsp3) is 0.562. The van der Waals surface area contributed by atoms with Crippen LogP contribution in [0.1, 0.15) is 24.8 Å². The molecule has 2 rings (SSSR count). The number of amides is 1. The number of likely N-dealkylation sites (tertiary alicyclic amines) is 1. The third-order valence-electron chi connectivity index (χ3n) is 3.88.